The molecule has 0 bridgehead atoms. The van der Waals surface area contributed by atoms with Gasteiger partial charge in [0.05, 0.1) is 5.56 Å². The smallest absolute Gasteiger partial charge is 0.317 e. The van der Waals surface area contributed by atoms with Crippen molar-refractivity contribution in [2.45, 2.75) is 51.0 Å². The summed E-state index contributed by atoms with van der Waals surface area (Å²) in [6, 6.07) is 10.3. The van der Waals surface area contributed by atoms with Crippen LogP contribution in [0, 0.1) is 5.82 Å². The van der Waals surface area contributed by atoms with Gasteiger partial charge in [-0.25, -0.2) is 9.18 Å². The molecule has 0 spiro atoms. The van der Waals surface area contributed by atoms with Gasteiger partial charge in [0.2, 0.25) is 5.91 Å². The topological polar surface area (TPSA) is 65.8 Å². The van der Waals surface area contributed by atoms with E-state index in [4.69, 9.17) is 4.42 Å². The van der Waals surface area contributed by atoms with Crippen LogP contribution >= 0.6 is 0 Å². The fraction of sp³-hybridized carbons (Fsp3) is 0.500. The van der Waals surface area contributed by atoms with Crippen molar-refractivity contribution >= 4 is 11.9 Å². The molecule has 1 aliphatic heterocycles. The molecule has 2 aliphatic rings. The predicted molar refractivity (Wildman–Crippen MR) is 116 cm³/mol. The summed E-state index contributed by atoms with van der Waals surface area (Å²) in [6.45, 7) is 2.22. The van der Waals surface area contributed by atoms with Crippen molar-refractivity contribution in [1.82, 2.24) is 15.1 Å². The van der Waals surface area contributed by atoms with Gasteiger partial charge in [-0.2, -0.15) is 0 Å². The summed E-state index contributed by atoms with van der Waals surface area (Å²) in [6.07, 6.45) is 6.56. The van der Waals surface area contributed by atoms with E-state index < -0.39 is 0 Å². The van der Waals surface area contributed by atoms with Crippen LogP contribution in [0.2, 0.25) is 0 Å². The highest BCUT2D eigenvalue weighted by molar-refractivity contribution is 5.78. The maximum atomic E-state index is 13.9. The molecule has 0 atom stereocenters. The number of hydrogen-bond donors (Lipinski definition) is 1. The first-order valence-corrected chi connectivity index (χ1v) is 11.3. The molecule has 166 valence electrons. The zero-order valence-corrected chi connectivity index (χ0v) is 17.8. The Balaban J connectivity index is 1.22. The third kappa shape index (κ3) is 5.46. The van der Waals surface area contributed by atoms with Crippen LogP contribution in [-0.2, 0) is 11.2 Å². The number of amides is 3. The number of furan rings is 1. The number of aryl methyl sites for hydroxylation is 1. The molecule has 0 unspecified atom stereocenters. The molecule has 7 heteroatoms. The van der Waals surface area contributed by atoms with Crippen LogP contribution in [0.1, 0.15) is 44.3 Å². The largest absolute Gasteiger partial charge is 0.461 e. The van der Waals surface area contributed by atoms with E-state index in [2.05, 4.69) is 5.32 Å². The average Bonchev–Trinajstić information content (AvgIpc) is 3.27. The molecule has 0 radical (unpaired) electrons. The lowest BCUT2D eigenvalue weighted by Crippen LogP contribution is -2.54. The Labute approximate surface area is 182 Å². The lowest BCUT2D eigenvalue weighted by Gasteiger charge is -2.36. The minimum absolute atomic E-state index is 0.00439. The Bertz CT molecular complexity index is 899. The van der Waals surface area contributed by atoms with E-state index in [-0.39, 0.29) is 17.8 Å². The summed E-state index contributed by atoms with van der Waals surface area (Å²) in [4.78, 5) is 28.7. The molecular formula is C24H30FN3O3. The predicted octanol–water partition coefficient (Wildman–Crippen LogP) is 4.20. The summed E-state index contributed by atoms with van der Waals surface area (Å²) in [5.74, 6) is 0.858. The van der Waals surface area contributed by atoms with Gasteiger partial charge >= 0.3 is 6.03 Å². The molecule has 6 nitrogen and oxygen atoms in total. The average molecular weight is 428 g/mol. The van der Waals surface area contributed by atoms with E-state index in [1.807, 2.05) is 9.80 Å². The standard InChI is InChI=1S/C24H30FN3O3/c25-21-9-5-4-8-20(21)22-12-10-19(31-22)11-13-23(29)27-14-16-28(17-15-27)24(30)26-18-6-2-1-3-7-18/h4-5,8-10,12,18H,1-3,6-7,11,13-17H2,(H,26,30). The number of hydrogen-bond acceptors (Lipinski definition) is 3. The zero-order valence-electron chi connectivity index (χ0n) is 17.8. The fourth-order valence-electron chi connectivity index (χ4n) is 4.38. The maximum absolute atomic E-state index is 13.9. The minimum atomic E-state index is -0.329. The van der Waals surface area contributed by atoms with Gasteiger partial charge < -0.3 is 19.5 Å². The number of carbonyl (C=O) groups is 2. The van der Waals surface area contributed by atoms with E-state index in [9.17, 15) is 14.0 Å². The van der Waals surface area contributed by atoms with E-state index >= 15 is 0 Å². The van der Waals surface area contributed by atoms with Crippen LogP contribution in [0.25, 0.3) is 11.3 Å². The maximum Gasteiger partial charge on any atom is 0.317 e. The molecule has 3 amide bonds. The molecule has 1 saturated heterocycles. The fourth-order valence-corrected chi connectivity index (χ4v) is 4.38. The first-order chi connectivity index (χ1) is 15.1. The molecule has 4 rings (SSSR count). The van der Waals surface area contributed by atoms with E-state index in [0.29, 0.717) is 62.1 Å². The number of rotatable bonds is 5. The monoisotopic (exact) mass is 427 g/mol. The van der Waals surface area contributed by atoms with Crippen molar-refractivity contribution in [1.29, 1.82) is 0 Å². The van der Waals surface area contributed by atoms with Crippen molar-refractivity contribution in [3.63, 3.8) is 0 Å². The van der Waals surface area contributed by atoms with Crippen molar-refractivity contribution in [2.24, 2.45) is 0 Å². The normalized spacial score (nSPS) is 17.6. The van der Waals surface area contributed by atoms with Gasteiger partial charge in [0, 0.05) is 45.1 Å². The second kappa shape index (κ2) is 9.98. The van der Waals surface area contributed by atoms with Crippen molar-refractivity contribution in [3.05, 3.63) is 48.0 Å². The zero-order chi connectivity index (χ0) is 21.6. The highest BCUT2D eigenvalue weighted by Gasteiger charge is 2.26. The van der Waals surface area contributed by atoms with Crippen LogP contribution in [0.3, 0.4) is 0 Å². The molecular weight excluding hydrogens is 397 g/mol. The summed E-state index contributed by atoms with van der Waals surface area (Å²) < 4.78 is 19.6. The van der Waals surface area contributed by atoms with E-state index in [1.54, 1.807) is 30.3 Å². The molecule has 1 saturated carbocycles. The summed E-state index contributed by atoms with van der Waals surface area (Å²) in [5, 5.41) is 3.14. The SMILES string of the molecule is O=C(CCc1ccc(-c2ccccc2F)o1)N1CCN(C(=O)NC2CCCCC2)CC1. The first-order valence-electron chi connectivity index (χ1n) is 11.3. The molecule has 31 heavy (non-hydrogen) atoms. The van der Waals surface area contributed by atoms with Gasteiger partial charge in [0.15, 0.2) is 0 Å². The third-order valence-electron chi connectivity index (χ3n) is 6.24. The van der Waals surface area contributed by atoms with Crippen LogP contribution in [0.4, 0.5) is 9.18 Å². The molecule has 1 aromatic carbocycles. The van der Waals surface area contributed by atoms with Gasteiger partial charge in [0.1, 0.15) is 17.3 Å². The number of benzene rings is 1. The molecule has 2 fully saturated rings. The van der Waals surface area contributed by atoms with Gasteiger partial charge in [0.25, 0.3) is 0 Å². The Morgan fingerprint density at radius 2 is 1.68 bits per heavy atom. The number of nitrogens with one attached hydrogen (secondary N) is 1. The Kier molecular flexibility index (Phi) is 6.89. The quantitative estimate of drug-likeness (QED) is 0.778. The molecule has 1 aromatic heterocycles. The second-order valence-corrected chi connectivity index (χ2v) is 8.40. The highest BCUT2D eigenvalue weighted by atomic mass is 19.1. The van der Waals surface area contributed by atoms with Crippen LogP contribution in [-0.4, -0.2) is 54.0 Å². The van der Waals surface area contributed by atoms with Gasteiger partial charge in [-0.15, -0.1) is 0 Å². The number of carbonyl (C=O) groups excluding carboxylic acids is 2. The first kappa shape index (κ1) is 21.4. The van der Waals surface area contributed by atoms with E-state index in [0.717, 1.165) is 12.8 Å². The van der Waals surface area contributed by atoms with Crippen molar-refractivity contribution < 1.29 is 18.4 Å². The lowest BCUT2D eigenvalue weighted by molar-refractivity contribution is -0.132. The van der Waals surface area contributed by atoms with Gasteiger partial charge in [-0.05, 0) is 37.1 Å². The molecule has 1 N–H and O–H groups in total. The number of nitrogens with zero attached hydrogens (tertiary/aromatic N) is 2. The molecule has 2 aromatic rings. The number of urea groups is 1. The van der Waals surface area contributed by atoms with Crippen molar-refractivity contribution in [2.75, 3.05) is 26.2 Å². The van der Waals surface area contributed by atoms with Crippen LogP contribution < -0.4 is 5.32 Å². The lowest BCUT2D eigenvalue weighted by atomic mass is 9.96. The van der Waals surface area contributed by atoms with E-state index in [1.165, 1.54) is 25.3 Å². The summed E-state index contributed by atoms with van der Waals surface area (Å²) in [5.41, 5.74) is 0.419. The second-order valence-electron chi connectivity index (χ2n) is 8.40. The molecule has 2 heterocycles. The Morgan fingerprint density at radius 3 is 2.42 bits per heavy atom. The third-order valence-corrected chi connectivity index (χ3v) is 6.24. The van der Waals surface area contributed by atoms with Crippen molar-refractivity contribution in [3.8, 4) is 11.3 Å². The summed E-state index contributed by atoms with van der Waals surface area (Å²) in [7, 11) is 0. The van der Waals surface area contributed by atoms with Crippen LogP contribution in [0.5, 0.6) is 0 Å². The minimum Gasteiger partial charge on any atom is -0.461 e. The summed E-state index contributed by atoms with van der Waals surface area (Å²) >= 11 is 0. The molecule has 1 aliphatic carbocycles. The van der Waals surface area contributed by atoms with Gasteiger partial charge in [-0.3, -0.25) is 4.79 Å². The Hall–Kier alpha value is -2.83. The Morgan fingerprint density at radius 1 is 0.968 bits per heavy atom. The number of piperazine rings is 1. The highest BCUT2D eigenvalue weighted by Crippen LogP contribution is 2.25. The van der Waals surface area contributed by atoms with Crippen LogP contribution in [0.15, 0.2) is 40.8 Å². The van der Waals surface area contributed by atoms with Gasteiger partial charge in [-0.1, -0.05) is 31.4 Å². The number of halogens is 1.